The van der Waals surface area contributed by atoms with Gasteiger partial charge in [-0.05, 0) is 46.5 Å². The molecular weight excluding hydrogens is 304 g/mol. The molecule has 132 valence electrons. The maximum atomic E-state index is 9.90. The van der Waals surface area contributed by atoms with Crippen molar-refractivity contribution < 1.29 is 5.11 Å². The van der Waals surface area contributed by atoms with Crippen molar-refractivity contribution >= 4 is 22.9 Å². The highest BCUT2D eigenvalue weighted by atomic mass is 16.3. The number of aliphatic hydroxyl groups excluding tert-OH is 1. The van der Waals surface area contributed by atoms with Crippen LogP contribution >= 0.6 is 0 Å². The molecule has 0 bridgehead atoms. The second kappa shape index (κ2) is 6.93. The molecule has 0 saturated heterocycles. The van der Waals surface area contributed by atoms with Crippen molar-refractivity contribution in [1.82, 2.24) is 19.5 Å². The van der Waals surface area contributed by atoms with Gasteiger partial charge in [-0.15, -0.1) is 0 Å². The molecule has 2 aromatic heterocycles. The van der Waals surface area contributed by atoms with Gasteiger partial charge < -0.3 is 20.3 Å². The van der Waals surface area contributed by atoms with Crippen LogP contribution in [0.25, 0.3) is 11.2 Å². The van der Waals surface area contributed by atoms with Crippen molar-refractivity contribution in [3.05, 3.63) is 6.33 Å². The van der Waals surface area contributed by atoms with Crippen molar-refractivity contribution in [1.29, 1.82) is 0 Å². The Bertz CT molecular complexity index is 692. The lowest BCUT2D eigenvalue weighted by Crippen LogP contribution is -2.32. The van der Waals surface area contributed by atoms with Gasteiger partial charge in [0.1, 0.15) is 0 Å². The smallest absolute Gasteiger partial charge is 0.227 e. The second-order valence-electron chi connectivity index (χ2n) is 6.99. The predicted octanol–water partition coefficient (Wildman–Crippen LogP) is 2.94. The molecule has 0 spiro atoms. The highest BCUT2D eigenvalue weighted by molar-refractivity contribution is 5.84. The van der Waals surface area contributed by atoms with Crippen molar-refractivity contribution in [2.45, 2.75) is 77.6 Å². The first kappa shape index (κ1) is 17.0. The molecule has 3 N–H and O–H groups in total. The van der Waals surface area contributed by atoms with Crippen molar-refractivity contribution in [3.63, 3.8) is 0 Å². The molecule has 1 unspecified atom stereocenters. The Kier molecular flexibility index (Phi) is 4.89. The number of nitrogens with zero attached hydrogens (tertiary/aromatic N) is 4. The molecule has 0 aromatic carbocycles. The van der Waals surface area contributed by atoms with Gasteiger partial charge in [0.25, 0.3) is 0 Å². The fraction of sp³-hybridized carbons (Fsp3) is 0.706. The summed E-state index contributed by atoms with van der Waals surface area (Å²) in [5.41, 5.74) is 1.64. The van der Waals surface area contributed by atoms with Gasteiger partial charge in [-0.3, -0.25) is 0 Å². The number of fused-ring (bicyclic) bond motifs is 1. The van der Waals surface area contributed by atoms with E-state index in [0.717, 1.165) is 23.4 Å². The van der Waals surface area contributed by atoms with E-state index in [0.29, 0.717) is 12.0 Å². The molecule has 3 rings (SSSR count). The molecule has 2 atom stereocenters. The average molecular weight is 332 g/mol. The molecule has 0 amide bonds. The number of nitrogens with one attached hydrogen (secondary N) is 2. The fourth-order valence-corrected chi connectivity index (χ4v) is 2.94. The highest BCUT2D eigenvalue weighted by Crippen LogP contribution is 2.28. The Morgan fingerprint density at radius 3 is 2.58 bits per heavy atom. The first-order valence-corrected chi connectivity index (χ1v) is 8.95. The summed E-state index contributed by atoms with van der Waals surface area (Å²) in [4.78, 5) is 13.8. The zero-order chi connectivity index (χ0) is 17.3. The zero-order valence-corrected chi connectivity index (χ0v) is 15.0. The SMILES string of the molecule is CC[C@H](Nc1nc(NC2CCC2)c2ncn(C(C)C)c2n1)C(C)O. The maximum absolute atomic E-state index is 9.90. The number of hydrogen-bond acceptors (Lipinski definition) is 6. The summed E-state index contributed by atoms with van der Waals surface area (Å²) in [6.07, 6.45) is 5.76. The summed E-state index contributed by atoms with van der Waals surface area (Å²) in [5, 5.41) is 16.7. The van der Waals surface area contributed by atoms with Crippen LogP contribution in [0, 0.1) is 0 Å². The second-order valence-corrected chi connectivity index (χ2v) is 6.99. The number of aliphatic hydroxyl groups is 1. The van der Waals surface area contributed by atoms with E-state index in [2.05, 4.69) is 44.0 Å². The molecular formula is C17H28N6O. The van der Waals surface area contributed by atoms with Crippen LogP contribution in [-0.2, 0) is 0 Å². The molecule has 2 aromatic rings. The largest absolute Gasteiger partial charge is 0.391 e. The van der Waals surface area contributed by atoms with E-state index >= 15 is 0 Å². The van der Waals surface area contributed by atoms with Gasteiger partial charge in [0.2, 0.25) is 5.95 Å². The van der Waals surface area contributed by atoms with Crippen LogP contribution in [-0.4, -0.2) is 42.8 Å². The third kappa shape index (κ3) is 3.31. The molecule has 0 radical (unpaired) electrons. The number of imidazole rings is 1. The van der Waals surface area contributed by atoms with Gasteiger partial charge in [-0.25, -0.2) is 4.98 Å². The summed E-state index contributed by atoms with van der Waals surface area (Å²) in [6.45, 7) is 8.04. The van der Waals surface area contributed by atoms with Gasteiger partial charge in [-0.2, -0.15) is 9.97 Å². The lowest BCUT2D eigenvalue weighted by molar-refractivity contribution is 0.169. The van der Waals surface area contributed by atoms with Gasteiger partial charge in [0.05, 0.1) is 18.5 Å². The molecule has 24 heavy (non-hydrogen) atoms. The Morgan fingerprint density at radius 1 is 1.29 bits per heavy atom. The maximum Gasteiger partial charge on any atom is 0.227 e. The minimum atomic E-state index is -0.465. The number of aromatic nitrogens is 4. The van der Waals surface area contributed by atoms with Gasteiger partial charge in [0.15, 0.2) is 17.0 Å². The summed E-state index contributed by atoms with van der Waals surface area (Å²) in [6, 6.07) is 0.668. The third-order valence-corrected chi connectivity index (χ3v) is 4.76. The van der Waals surface area contributed by atoms with Crippen LogP contribution in [0.5, 0.6) is 0 Å². The molecule has 7 nitrogen and oxygen atoms in total. The summed E-state index contributed by atoms with van der Waals surface area (Å²) >= 11 is 0. The van der Waals surface area contributed by atoms with Gasteiger partial charge >= 0.3 is 0 Å². The van der Waals surface area contributed by atoms with E-state index in [-0.39, 0.29) is 12.1 Å². The molecule has 0 aliphatic heterocycles. The monoisotopic (exact) mass is 332 g/mol. The van der Waals surface area contributed by atoms with Crippen LogP contribution < -0.4 is 10.6 Å². The van der Waals surface area contributed by atoms with E-state index in [1.165, 1.54) is 19.3 Å². The van der Waals surface area contributed by atoms with Crippen LogP contribution in [0.15, 0.2) is 6.33 Å². The molecule has 1 saturated carbocycles. The number of rotatable bonds is 7. The van der Waals surface area contributed by atoms with E-state index in [1.807, 2.05) is 13.3 Å². The van der Waals surface area contributed by atoms with Crippen LogP contribution in [0.2, 0.25) is 0 Å². The lowest BCUT2D eigenvalue weighted by atomic mass is 9.93. The fourth-order valence-electron chi connectivity index (χ4n) is 2.94. The zero-order valence-electron chi connectivity index (χ0n) is 15.0. The lowest BCUT2D eigenvalue weighted by Gasteiger charge is -2.27. The standard InChI is InChI=1S/C17H28N6O/c1-5-13(11(4)24)20-17-21-15(19-12-7-6-8-12)14-16(22-17)23(9-18-14)10(2)3/h9-13,24H,5-8H2,1-4H3,(H2,19,20,21,22)/t11?,13-/m0/s1. The number of hydrogen-bond donors (Lipinski definition) is 3. The van der Waals surface area contributed by atoms with Crippen LogP contribution in [0.1, 0.15) is 59.4 Å². The third-order valence-electron chi connectivity index (χ3n) is 4.76. The van der Waals surface area contributed by atoms with Crippen molar-refractivity contribution in [2.24, 2.45) is 0 Å². The minimum Gasteiger partial charge on any atom is -0.391 e. The van der Waals surface area contributed by atoms with Crippen molar-refractivity contribution in [3.8, 4) is 0 Å². The summed E-state index contributed by atoms with van der Waals surface area (Å²) < 4.78 is 2.05. The average Bonchev–Trinajstić information content (AvgIpc) is 2.92. The van der Waals surface area contributed by atoms with E-state index < -0.39 is 6.10 Å². The van der Waals surface area contributed by atoms with E-state index in [4.69, 9.17) is 0 Å². The Labute approximate surface area is 142 Å². The van der Waals surface area contributed by atoms with Gasteiger partial charge in [0, 0.05) is 12.1 Å². The van der Waals surface area contributed by atoms with Gasteiger partial charge in [-0.1, -0.05) is 6.92 Å². The first-order chi connectivity index (χ1) is 11.5. The topological polar surface area (TPSA) is 87.9 Å². The Hall–Kier alpha value is -1.89. The molecule has 7 heteroatoms. The highest BCUT2D eigenvalue weighted by Gasteiger charge is 2.22. The summed E-state index contributed by atoms with van der Waals surface area (Å²) in [7, 11) is 0. The molecule has 1 aliphatic carbocycles. The van der Waals surface area contributed by atoms with E-state index in [1.54, 1.807) is 6.92 Å². The molecule has 2 heterocycles. The van der Waals surface area contributed by atoms with Crippen molar-refractivity contribution in [2.75, 3.05) is 10.6 Å². The number of anilines is 2. The van der Waals surface area contributed by atoms with Crippen LogP contribution in [0.4, 0.5) is 11.8 Å². The minimum absolute atomic E-state index is 0.0746. The van der Waals surface area contributed by atoms with Crippen LogP contribution in [0.3, 0.4) is 0 Å². The Morgan fingerprint density at radius 2 is 2.04 bits per heavy atom. The van der Waals surface area contributed by atoms with E-state index in [9.17, 15) is 5.11 Å². The quantitative estimate of drug-likeness (QED) is 0.722. The molecule has 1 aliphatic rings. The summed E-state index contributed by atoms with van der Waals surface area (Å²) in [5.74, 6) is 1.33. The predicted molar refractivity (Wildman–Crippen MR) is 96.4 cm³/mol. The molecule has 1 fully saturated rings. The normalized spacial score (nSPS) is 17.8. The first-order valence-electron chi connectivity index (χ1n) is 8.95. The Balaban J connectivity index is 1.99.